The molecule has 0 aromatic heterocycles. The van der Waals surface area contributed by atoms with Crippen LogP contribution in [0.3, 0.4) is 0 Å². The quantitative estimate of drug-likeness (QED) is 0.707. The van der Waals surface area contributed by atoms with Crippen LogP contribution in [0.25, 0.3) is 0 Å². The fourth-order valence-electron chi connectivity index (χ4n) is 0.640. The molecule has 3 nitrogen and oxygen atoms in total. The molecule has 1 unspecified atom stereocenters. The van der Waals surface area contributed by atoms with Gasteiger partial charge in [-0.05, 0) is 0 Å². The van der Waals surface area contributed by atoms with Crippen LogP contribution < -0.4 is 5.32 Å². The van der Waals surface area contributed by atoms with Crippen molar-refractivity contribution in [3.05, 3.63) is 0 Å². The van der Waals surface area contributed by atoms with E-state index in [1.807, 2.05) is 0 Å². The Balaban J connectivity index is 3.99. The number of alkyl halides is 4. The number of amides is 1. The van der Waals surface area contributed by atoms with Crippen LogP contribution >= 0.6 is 0 Å². The van der Waals surface area contributed by atoms with Crippen LogP contribution in [0.4, 0.5) is 17.6 Å². The van der Waals surface area contributed by atoms with Gasteiger partial charge < -0.3 is 5.32 Å². The van der Waals surface area contributed by atoms with Gasteiger partial charge in [0.2, 0.25) is 0 Å². The molecule has 8 heteroatoms. The van der Waals surface area contributed by atoms with Crippen molar-refractivity contribution in [2.45, 2.75) is 19.3 Å². The lowest BCUT2D eigenvalue weighted by molar-refractivity contribution is -0.169. The van der Waals surface area contributed by atoms with Crippen molar-refractivity contribution in [1.29, 1.82) is 0 Å². The maximum Gasteiger partial charge on any atom is 0.383 e. The van der Waals surface area contributed by atoms with E-state index in [2.05, 4.69) is 0 Å². The van der Waals surface area contributed by atoms with Crippen molar-refractivity contribution in [2.24, 2.45) is 0 Å². The number of carbonyl (C=O) groups is 1. The maximum absolute atomic E-state index is 12.3. The van der Waals surface area contributed by atoms with E-state index < -0.39 is 29.1 Å². The van der Waals surface area contributed by atoms with Crippen LogP contribution in [0.1, 0.15) is 6.92 Å². The van der Waals surface area contributed by atoms with Gasteiger partial charge in [0.25, 0.3) is 5.91 Å². The predicted octanol–water partition coefficient (Wildman–Crippen LogP) is 0.772. The van der Waals surface area contributed by atoms with Gasteiger partial charge in [0.15, 0.2) is 0 Å². The molecule has 0 aliphatic carbocycles. The van der Waals surface area contributed by atoms with Gasteiger partial charge in [-0.1, -0.05) is 6.92 Å². The van der Waals surface area contributed by atoms with E-state index in [1.54, 1.807) is 12.2 Å². The summed E-state index contributed by atoms with van der Waals surface area (Å²) in [6.45, 7) is 1.31. The van der Waals surface area contributed by atoms with Crippen molar-refractivity contribution < 1.29 is 26.6 Å². The van der Waals surface area contributed by atoms with Gasteiger partial charge in [0.1, 0.15) is 0 Å². The van der Waals surface area contributed by atoms with Crippen molar-refractivity contribution in [1.82, 2.24) is 5.32 Å². The van der Waals surface area contributed by atoms with Crippen LogP contribution in [0.5, 0.6) is 0 Å². The molecule has 0 aromatic rings. The fraction of sp³-hybridized carbons (Fsp3) is 0.857. The third-order valence-corrected chi connectivity index (χ3v) is 2.82. The standard InChI is InChI=1S/C7H11F4NO2S/c1-2-15(14)4-3-12-6(13)7(10,11)5(8)9/h5H,2-4H2,1H3,(H,12,13). The highest BCUT2D eigenvalue weighted by atomic mass is 32.2. The van der Waals surface area contributed by atoms with Crippen molar-refractivity contribution in [2.75, 3.05) is 18.1 Å². The lowest BCUT2D eigenvalue weighted by atomic mass is 10.3. The second-order valence-corrected chi connectivity index (χ2v) is 4.48. The summed E-state index contributed by atoms with van der Waals surface area (Å²) >= 11 is 0. The lowest BCUT2D eigenvalue weighted by Crippen LogP contribution is -2.46. The van der Waals surface area contributed by atoms with Crippen LogP contribution in [-0.2, 0) is 15.6 Å². The van der Waals surface area contributed by atoms with E-state index in [9.17, 15) is 26.6 Å². The molecule has 0 bridgehead atoms. The minimum absolute atomic E-state index is 0.0262. The topological polar surface area (TPSA) is 46.2 Å². The molecule has 0 heterocycles. The number of nitrogens with one attached hydrogen (secondary N) is 1. The van der Waals surface area contributed by atoms with E-state index in [4.69, 9.17) is 0 Å². The Labute approximate surface area is 86.7 Å². The van der Waals surface area contributed by atoms with Crippen LogP contribution in [0.2, 0.25) is 0 Å². The van der Waals surface area contributed by atoms with Crippen molar-refractivity contribution in [3.63, 3.8) is 0 Å². The Morgan fingerprint density at radius 3 is 2.40 bits per heavy atom. The number of halogens is 4. The Hall–Kier alpha value is -0.660. The average molecular weight is 249 g/mol. The second kappa shape index (κ2) is 6.04. The molecule has 0 saturated heterocycles. The molecule has 1 amide bonds. The molecule has 1 atom stereocenters. The van der Waals surface area contributed by atoms with E-state index in [1.165, 1.54) is 0 Å². The first kappa shape index (κ1) is 14.3. The first-order valence-corrected chi connectivity index (χ1v) is 5.60. The molecule has 0 radical (unpaired) electrons. The van der Waals surface area contributed by atoms with Gasteiger partial charge in [0.05, 0.1) is 0 Å². The van der Waals surface area contributed by atoms with Gasteiger partial charge in [-0.15, -0.1) is 0 Å². The Morgan fingerprint density at radius 1 is 1.47 bits per heavy atom. The number of hydrogen-bond donors (Lipinski definition) is 1. The van der Waals surface area contributed by atoms with Gasteiger partial charge in [-0.3, -0.25) is 9.00 Å². The normalized spacial score (nSPS) is 14.0. The van der Waals surface area contributed by atoms with E-state index in [0.29, 0.717) is 5.75 Å². The summed E-state index contributed by atoms with van der Waals surface area (Å²) in [5.74, 6) is -6.43. The molecule has 0 fully saturated rings. The van der Waals surface area contributed by atoms with Gasteiger partial charge in [-0.2, -0.15) is 8.78 Å². The molecule has 0 aliphatic heterocycles. The van der Waals surface area contributed by atoms with Gasteiger partial charge >= 0.3 is 12.3 Å². The lowest BCUT2D eigenvalue weighted by Gasteiger charge is -2.14. The largest absolute Gasteiger partial charge is 0.383 e. The summed E-state index contributed by atoms with van der Waals surface area (Å²) in [5, 5.41) is 1.61. The maximum atomic E-state index is 12.3. The molecule has 15 heavy (non-hydrogen) atoms. The summed E-state index contributed by atoms with van der Waals surface area (Å²) in [5.41, 5.74) is 0. The van der Waals surface area contributed by atoms with Crippen LogP contribution in [0, 0.1) is 0 Å². The fourth-order valence-corrected chi connectivity index (χ4v) is 1.26. The van der Waals surface area contributed by atoms with E-state index in [0.717, 1.165) is 0 Å². The zero-order valence-corrected chi connectivity index (χ0v) is 8.75. The molecular weight excluding hydrogens is 238 g/mol. The Bertz CT molecular complexity index is 247. The zero-order valence-electron chi connectivity index (χ0n) is 7.94. The first-order chi connectivity index (χ1) is 6.82. The molecule has 0 rings (SSSR count). The van der Waals surface area contributed by atoms with Gasteiger partial charge in [0, 0.05) is 28.9 Å². The van der Waals surface area contributed by atoms with Crippen LogP contribution in [-0.4, -0.2) is 40.5 Å². The monoisotopic (exact) mass is 249 g/mol. The molecule has 1 N–H and O–H groups in total. The van der Waals surface area contributed by atoms with E-state index in [-0.39, 0.29) is 12.3 Å². The summed E-state index contributed by atoms with van der Waals surface area (Å²) in [6.07, 6.45) is -4.03. The molecule has 0 aliphatic rings. The smallest absolute Gasteiger partial charge is 0.350 e. The molecular formula is C7H11F4NO2S. The zero-order chi connectivity index (χ0) is 12.1. The molecule has 0 aromatic carbocycles. The van der Waals surface area contributed by atoms with E-state index >= 15 is 0 Å². The summed E-state index contributed by atoms with van der Waals surface area (Å²) in [4.78, 5) is 10.5. The summed E-state index contributed by atoms with van der Waals surface area (Å²) < 4.78 is 58.7. The number of rotatable bonds is 6. The SMILES string of the molecule is CCS(=O)CCNC(=O)C(F)(F)C(F)F. The highest BCUT2D eigenvalue weighted by Gasteiger charge is 2.48. The van der Waals surface area contributed by atoms with Crippen molar-refractivity contribution in [3.8, 4) is 0 Å². The summed E-state index contributed by atoms with van der Waals surface area (Å²) in [6, 6.07) is 0. The molecule has 0 spiro atoms. The van der Waals surface area contributed by atoms with Crippen LogP contribution in [0.15, 0.2) is 0 Å². The Morgan fingerprint density at radius 2 is 2.00 bits per heavy atom. The molecule has 0 saturated carbocycles. The third-order valence-electron chi connectivity index (χ3n) is 1.51. The first-order valence-electron chi connectivity index (χ1n) is 4.11. The Kier molecular flexibility index (Phi) is 5.77. The minimum Gasteiger partial charge on any atom is -0.350 e. The highest BCUT2D eigenvalue weighted by molar-refractivity contribution is 7.84. The highest BCUT2D eigenvalue weighted by Crippen LogP contribution is 2.22. The molecule has 90 valence electrons. The number of carbonyl (C=O) groups excluding carboxylic acids is 1. The average Bonchev–Trinajstić information content (AvgIpc) is 2.16. The summed E-state index contributed by atoms with van der Waals surface area (Å²) in [7, 11) is -1.23. The minimum atomic E-state index is -4.69. The second-order valence-electron chi connectivity index (χ2n) is 2.61. The van der Waals surface area contributed by atoms with Gasteiger partial charge in [-0.25, -0.2) is 8.78 Å². The third kappa shape index (κ3) is 4.59. The van der Waals surface area contributed by atoms with Crippen molar-refractivity contribution >= 4 is 16.7 Å². The number of hydrogen-bond acceptors (Lipinski definition) is 2. The predicted molar refractivity (Wildman–Crippen MR) is 47.5 cm³/mol.